The van der Waals surface area contributed by atoms with Gasteiger partial charge in [0.2, 0.25) is 0 Å². The van der Waals surface area contributed by atoms with E-state index in [9.17, 15) is 0 Å². The van der Waals surface area contributed by atoms with Gasteiger partial charge in [-0.25, -0.2) is 0 Å². The molecule has 0 aliphatic heterocycles. The quantitative estimate of drug-likeness (QED) is 0.745. The summed E-state index contributed by atoms with van der Waals surface area (Å²) in [7, 11) is 0. The molecule has 0 saturated heterocycles. The van der Waals surface area contributed by atoms with Gasteiger partial charge in [0.1, 0.15) is 5.75 Å². The molecule has 0 amide bonds. The second-order valence-corrected chi connectivity index (χ2v) is 3.80. The molecule has 0 saturated carbocycles. The second kappa shape index (κ2) is 4.89. The zero-order chi connectivity index (χ0) is 10.6. The first-order chi connectivity index (χ1) is 6.65. The van der Waals surface area contributed by atoms with Gasteiger partial charge in [-0.15, -0.1) is 0 Å². The summed E-state index contributed by atoms with van der Waals surface area (Å²) < 4.78 is 5.50. The van der Waals surface area contributed by atoms with Gasteiger partial charge in [0.15, 0.2) is 0 Å². The van der Waals surface area contributed by atoms with Crippen LogP contribution in [0.4, 0.5) is 5.69 Å². The third-order valence-electron chi connectivity index (χ3n) is 2.16. The van der Waals surface area contributed by atoms with Gasteiger partial charge in [0.25, 0.3) is 0 Å². The van der Waals surface area contributed by atoms with E-state index in [1.807, 2.05) is 12.1 Å². The highest BCUT2D eigenvalue weighted by atomic mass is 16.5. The molecule has 0 heterocycles. The molecule has 0 aromatic heterocycles. The fraction of sp³-hybridized carbons (Fsp3) is 0.500. The Balaban J connectivity index is 2.79. The molecule has 0 bridgehead atoms. The molecule has 0 spiro atoms. The highest BCUT2D eigenvalue weighted by Gasteiger charge is 2.03. The number of ether oxygens (including phenoxy) is 1. The lowest BCUT2D eigenvalue weighted by atomic mass is 10.0. The van der Waals surface area contributed by atoms with E-state index in [1.165, 1.54) is 5.56 Å². The molecule has 0 fully saturated rings. The molecular weight excluding hydrogens is 174 g/mol. The summed E-state index contributed by atoms with van der Waals surface area (Å²) >= 11 is 0. The molecule has 2 N–H and O–H groups in total. The van der Waals surface area contributed by atoms with Crippen LogP contribution in [-0.4, -0.2) is 6.61 Å². The lowest BCUT2D eigenvalue weighted by Crippen LogP contribution is -2.00. The second-order valence-electron chi connectivity index (χ2n) is 3.80. The highest BCUT2D eigenvalue weighted by Crippen LogP contribution is 2.26. The minimum Gasteiger partial charge on any atom is -0.491 e. The van der Waals surface area contributed by atoms with Crippen molar-refractivity contribution in [3.8, 4) is 5.75 Å². The molecule has 2 heteroatoms. The van der Waals surface area contributed by atoms with Gasteiger partial charge in [-0.2, -0.15) is 0 Å². The van der Waals surface area contributed by atoms with Gasteiger partial charge in [0, 0.05) is 0 Å². The molecule has 78 valence electrons. The van der Waals surface area contributed by atoms with Crippen LogP contribution in [-0.2, 0) is 0 Å². The maximum absolute atomic E-state index is 5.87. The van der Waals surface area contributed by atoms with E-state index >= 15 is 0 Å². The summed E-state index contributed by atoms with van der Waals surface area (Å²) in [6.07, 6.45) is 1.01. The number of nitrogens with two attached hydrogens (primary N) is 1. The van der Waals surface area contributed by atoms with E-state index in [2.05, 4.69) is 26.8 Å². The number of nitrogen functional groups attached to an aromatic ring is 1. The maximum atomic E-state index is 5.87. The van der Waals surface area contributed by atoms with Crippen molar-refractivity contribution in [3.63, 3.8) is 0 Å². The third kappa shape index (κ3) is 2.66. The first kappa shape index (κ1) is 10.9. The van der Waals surface area contributed by atoms with E-state index < -0.39 is 0 Å². The number of hydrogen-bond donors (Lipinski definition) is 1. The van der Waals surface area contributed by atoms with Gasteiger partial charge in [-0.3, -0.25) is 0 Å². The Morgan fingerprint density at radius 2 is 2.07 bits per heavy atom. The van der Waals surface area contributed by atoms with Gasteiger partial charge >= 0.3 is 0 Å². The predicted molar refractivity (Wildman–Crippen MR) is 60.7 cm³/mol. The van der Waals surface area contributed by atoms with Crippen LogP contribution in [0.2, 0.25) is 0 Å². The topological polar surface area (TPSA) is 35.2 Å². The molecule has 14 heavy (non-hydrogen) atoms. The van der Waals surface area contributed by atoms with Crippen molar-refractivity contribution in [2.75, 3.05) is 12.3 Å². The third-order valence-corrected chi connectivity index (χ3v) is 2.16. The number of hydrogen-bond acceptors (Lipinski definition) is 2. The Hall–Kier alpha value is -1.18. The van der Waals surface area contributed by atoms with Crippen LogP contribution in [0.3, 0.4) is 0 Å². The lowest BCUT2D eigenvalue weighted by Gasteiger charge is -2.11. The average Bonchev–Trinajstić information content (AvgIpc) is 2.15. The van der Waals surface area contributed by atoms with E-state index in [1.54, 1.807) is 0 Å². The van der Waals surface area contributed by atoms with Crippen molar-refractivity contribution in [3.05, 3.63) is 23.8 Å². The normalized spacial score (nSPS) is 10.6. The van der Waals surface area contributed by atoms with Crippen LogP contribution in [0.25, 0.3) is 0 Å². The Kier molecular flexibility index (Phi) is 3.81. The number of rotatable bonds is 4. The number of anilines is 1. The van der Waals surface area contributed by atoms with Crippen LogP contribution < -0.4 is 10.5 Å². The first-order valence-electron chi connectivity index (χ1n) is 5.17. The Labute approximate surface area is 86.1 Å². The van der Waals surface area contributed by atoms with Crippen molar-refractivity contribution in [2.24, 2.45) is 0 Å². The Morgan fingerprint density at radius 3 is 2.57 bits per heavy atom. The molecule has 1 aromatic rings. The van der Waals surface area contributed by atoms with Crippen molar-refractivity contribution in [2.45, 2.75) is 33.1 Å². The molecule has 1 rings (SSSR count). The molecule has 0 radical (unpaired) electrons. The minimum absolute atomic E-state index is 0.512. The standard InChI is InChI=1S/C12H19NO/c1-4-7-14-12-6-5-10(9(2)3)8-11(12)13/h5-6,8-9H,4,7,13H2,1-3H3. The molecular formula is C12H19NO. The fourth-order valence-corrected chi connectivity index (χ4v) is 1.27. The van der Waals surface area contributed by atoms with Gasteiger partial charge in [-0.1, -0.05) is 26.8 Å². The van der Waals surface area contributed by atoms with E-state index in [0.29, 0.717) is 5.92 Å². The van der Waals surface area contributed by atoms with Crippen molar-refractivity contribution in [1.82, 2.24) is 0 Å². The van der Waals surface area contributed by atoms with E-state index in [-0.39, 0.29) is 0 Å². The molecule has 0 atom stereocenters. The van der Waals surface area contributed by atoms with Gasteiger partial charge in [0.05, 0.1) is 12.3 Å². The fourth-order valence-electron chi connectivity index (χ4n) is 1.27. The first-order valence-corrected chi connectivity index (χ1v) is 5.17. The Bertz CT molecular complexity index is 294. The molecule has 0 aliphatic rings. The summed E-state index contributed by atoms with van der Waals surface area (Å²) in [5, 5.41) is 0. The van der Waals surface area contributed by atoms with Crippen LogP contribution in [0.5, 0.6) is 5.75 Å². The summed E-state index contributed by atoms with van der Waals surface area (Å²) in [4.78, 5) is 0. The SMILES string of the molecule is CCCOc1ccc(C(C)C)cc1N. The van der Waals surface area contributed by atoms with Crippen LogP contribution in [0, 0.1) is 0 Å². The zero-order valence-corrected chi connectivity index (χ0v) is 9.21. The minimum atomic E-state index is 0.512. The molecule has 2 nitrogen and oxygen atoms in total. The largest absolute Gasteiger partial charge is 0.491 e. The van der Waals surface area contributed by atoms with Crippen molar-refractivity contribution >= 4 is 5.69 Å². The number of benzene rings is 1. The molecule has 0 unspecified atom stereocenters. The van der Waals surface area contributed by atoms with E-state index in [0.717, 1.165) is 24.5 Å². The summed E-state index contributed by atoms with van der Waals surface area (Å²) in [5.74, 6) is 1.31. The molecule has 0 aliphatic carbocycles. The van der Waals surface area contributed by atoms with Crippen LogP contribution >= 0.6 is 0 Å². The van der Waals surface area contributed by atoms with Gasteiger partial charge < -0.3 is 10.5 Å². The zero-order valence-electron chi connectivity index (χ0n) is 9.21. The van der Waals surface area contributed by atoms with Gasteiger partial charge in [-0.05, 0) is 30.0 Å². The average molecular weight is 193 g/mol. The van der Waals surface area contributed by atoms with Crippen LogP contribution in [0.15, 0.2) is 18.2 Å². The maximum Gasteiger partial charge on any atom is 0.142 e. The monoisotopic (exact) mass is 193 g/mol. The van der Waals surface area contributed by atoms with Crippen LogP contribution in [0.1, 0.15) is 38.7 Å². The lowest BCUT2D eigenvalue weighted by molar-refractivity contribution is 0.319. The smallest absolute Gasteiger partial charge is 0.142 e. The highest BCUT2D eigenvalue weighted by molar-refractivity contribution is 5.54. The van der Waals surface area contributed by atoms with Crippen molar-refractivity contribution < 1.29 is 4.74 Å². The summed E-state index contributed by atoms with van der Waals surface area (Å²) in [6.45, 7) is 7.12. The Morgan fingerprint density at radius 1 is 1.36 bits per heavy atom. The predicted octanol–water partition coefficient (Wildman–Crippen LogP) is 3.18. The molecule has 1 aromatic carbocycles. The summed E-state index contributed by atoms with van der Waals surface area (Å²) in [6, 6.07) is 6.03. The summed E-state index contributed by atoms with van der Waals surface area (Å²) in [5.41, 5.74) is 7.87. The van der Waals surface area contributed by atoms with Crippen molar-refractivity contribution in [1.29, 1.82) is 0 Å². The van der Waals surface area contributed by atoms with E-state index in [4.69, 9.17) is 10.5 Å².